The molecule has 7 nitrogen and oxygen atoms in total. The van der Waals surface area contributed by atoms with Crippen molar-refractivity contribution < 1.29 is 23.1 Å². The number of rotatable bonds is 12. The number of aliphatic hydroxyl groups is 1. The minimum atomic E-state index is -3.87. The minimum absolute atomic E-state index is 0.0152. The monoisotopic (exact) mass is 544 g/mol. The molecule has 3 rings (SSSR count). The number of methoxy groups -OCH3 is 1. The van der Waals surface area contributed by atoms with Crippen molar-refractivity contribution in [1.29, 1.82) is 0 Å². The molecule has 0 saturated heterocycles. The van der Waals surface area contributed by atoms with E-state index in [1.165, 1.54) is 23.5 Å². The van der Waals surface area contributed by atoms with E-state index in [0.717, 1.165) is 5.56 Å². The minimum Gasteiger partial charge on any atom is -0.497 e. The van der Waals surface area contributed by atoms with Crippen LogP contribution in [0.5, 0.6) is 5.75 Å². The van der Waals surface area contributed by atoms with Gasteiger partial charge in [-0.25, -0.2) is 8.42 Å². The summed E-state index contributed by atoms with van der Waals surface area (Å²) in [6, 6.07) is 22.0. The molecule has 37 heavy (non-hydrogen) atoms. The third-order valence-corrected chi connectivity index (χ3v) is 8.05. The summed E-state index contributed by atoms with van der Waals surface area (Å²) in [6.45, 7) is 4.07. The first-order valence-corrected chi connectivity index (χ1v) is 13.8. The number of benzene rings is 3. The number of carbonyl (C=O) groups is 1. The van der Waals surface area contributed by atoms with E-state index in [0.29, 0.717) is 5.75 Å². The molecule has 1 amide bonds. The van der Waals surface area contributed by atoms with E-state index in [9.17, 15) is 18.3 Å². The molecule has 3 aromatic carbocycles. The van der Waals surface area contributed by atoms with Gasteiger partial charge in [0.1, 0.15) is 11.5 Å². The van der Waals surface area contributed by atoms with Gasteiger partial charge in [0.15, 0.2) is 0 Å². The Morgan fingerprint density at radius 1 is 1.03 bits per heavy atom. The van der Waals surface area contributed by atoms with Crippen molar-refractivity contribution >= 4 is 27.5 Å². The summed E-state index contributed by atoms with van der Waals surface area (Å²) in [7, 11) is -2.36. The van der Waals surface area contributed by atoms with Gasteiger partial charge in [-0.15, -0.1) is 0 Å². The topological polar surface area (TPSA) is 95.9 Å². The number of sulfonamides is 1. The van der Waals surface area contributed by atoms with Crippen LogP contribution in [0.1, 0.15) is 36.2 Å². The SMILES string of the molecule is COc1ccc(S(=O)(=O)N(CCC(O)(Cc2ccccc2)NC(=O)c2ccccc2Cl)CC(C)C)cc1. The summed E-state index contributed by atoms with van der Waals surface area (Å²) < 4.78 is 33.6. The Bertz CT molecular complexity index is 1280. The first-order chi connectivity index (χ1) is 17.5. The summed E-state index contributed by atoms with van der Waals surface area (Å²) in [6.07, 6.45) is 0.0440. The van der Waals surface area contributed by atoms with Gasteiger partial charge in [0.25, 0.3) is 5.91 Å². The molecule has 0 saturated carbocycles. The molecule has 0 aromatic heterocycles. The molecular formula is C28H33ClN2O5S. The first-order valence-electron chi connectivity index (χ1n) is 12.0. The number of halogens is 1. The van der Waals surface area contributed by atoms with Crippen molar-refractivity contribution in [2.75, 3.05) is 20.2 Å². The summed E-state index contributed by atoms with van der Waals surface area (Å²) in [4.78, 5) is 13.2. The van der Waals surface area contributed by atoms with Crippen LogP contribution in [0, 0.1) is 5.92 Å². The van der Waals surface area contributed by atoms with Crippen molar-refractivity contribution in [3.8, 4) is 5.75 Å². The van der Waals surface area contributed by atoms with Crippen LogP contribution in [-0.4, -0.2) is 49.7 Å². The first kappa shape index (κ1) is 28.7. The van der Waals surface area contributed by atoms with Gasteiger partial charge in [-0.05, 0) is 47.9 Å². The van der Waals surface area contributed by atoms with E-state index in [1.54, 1.807) is 36.4 Å². The van der Waals surface area contributed by atoms with Crippen LogP contribution in [0.4, 0.5) is 0 Å². The van der Waals surface area contributed by atoms with Gasteiger partial charge in [0, 0.05) is 25.9 Å². The highest BCUT2D eigenvalue weighted by Crippen LogP contribution is 2.24. The summed E-state index contributed by atoms with van der Waals surface area (Å²) in [5, 5.41) is 14.6. The molecule has 1 atom stereocenters. The van der Waals surface area contributed by atoms with Crippen molar-refractivity contribution in [3.63, 3.8) is 0 Å². The lowest BCUT2D eigenvalue weighted by atomic mass is 9.98. The van der Waals surface area contributed by atoms with E-state index in [1.807, 2.05) is 44.2 Å². The Morgan fingerprint density at radius 3 is 2.24 bits per heavy atom. The Labute approximate surface area is 224 Å². The zero-order valence-corrected chi connectivity index (χ0v) is 22.8. The molecule has 9 heteroatoms. The molecule has 0 heterocycles. The molecular weight excluding hydrogens is 512 g/mol. The number of nitrogens with zero attached hydrogens (tertiary/aromatic N) is 1. The van der Waals surface area contributed by atoms with Crippen molar-refractivity contribution in [2.45, 2.75) is 37.3 Å². The van der Waals surface area contributed by atoms with Crippen LogP contribution in [-0.2, 0) is 16.4 Å². The molecule has 0 aliphatic heterocycles. The summed E-state index contributed by atoms with van der Waals surface area (Å²) >= 11 is 6.20. The highest BCUT2D eigenvalue weighted by Gasteiger charge is 2.34. The number of hydrogen-bond donors (Lipinski definition) is 2. The average Bonchev–Trinajstić information content (AvgIpc) is 2.87. The second-order valence-corrected chi connectivity index (χ2v) is 11.7. The fourth-order valence-electron chi connectivity index (χ4n) is 3.98. The molecule has 0 spiro atoms. The maximum Gasteiger partial charge on any atom is 0.254 e. The smallest absolute Gasteiger partial charge is 0.254 e. The zero-order valence-electron chi connectivity index (χ0n) is 21.2. The molecule has 0 radical (unpaired) electrons. The van der Waals surface area contributed by atoms with Crippen LogP contribution in [0.3, 0.4) is 0 Å². The molecule has 0 bridgehead atoms. The lowest BCUT2D eigenvalue weighted by Gasteiger charge is -2.33. The molecule has 0 fully saturated rings. The van der Waals surface area contributed by atoms with Gasteiger partial charge >= 0.3 is 0 Å². The van der Waals surface area contributed by atoms with Crippen LogP contribution in [0.2, 0.25) is 5.02 Å². The predicted molar refractivity (Wildman–Crippen MR) is 145 cm³/mol. The van der Waals surface area contributed by atoms with Crippen molar-refractivity contribution in [3.05, 3.63) is 95.0 Å². The Balaban J connectivity index is 1.89. The molecule has 198 valence electrons. The average molecular weight is 545 g/mol. The van der Waals surface area contributed by atoms with Gasteiger partial charge in [0.2, 0.25) is 10.0 Å². The molecule has 3 aromatic rings. The third kappa shape index (κ3) is 7.79. The van der Waals surface area contributed by atoms with Crippen LogP contribution < -0.4 is 10.1 Å². The third-order valence-electron chi connectivity index (χ3n) is 5.84. The zero-order chi connectivity index (χ0) is 27.1. The maximum absolute atomic E-state index is 13.5. The van der Waals surface area contributed by atoms with Gasteiger partial charge in [-0.2, -0.15) is 4.31 Å². The van der Waals surface area contributed by atoms with Crippen molar-refractivity contribution in [2.24, 2.45) is 5.92 Å². The molecule has 0 aliphatic carbocycles. The number of ether oxygens (including phenoxy) is 1. The van der Waals surface area contributed by atoms with Gasteiger partial charge < -0.3 is 15.2 Å². The van der Waals surface area contributed by atoms with E-state index in [4.69, 9.17) is 16.3 Å². The normalized spacial score (nSPS) is 13.4. The van der Waals surface area contributed by atoms with Crippen molar-refractivity contribution in [1.82, 2.24) is 9.62 Å². The molecule has 2 N–H and O–H groups in total. The van der Waals surface area contributed by atoms with E-state index in [2.05, 4.69) is 5.32 Å². The highest BCUT2D eigenvalue weighted by molar-refractivity contribution is 7.89. The fraction of sp³-hybridized carbons (Fsp3) is 0.321. The lowest BCUT2D eigenvalue weighted by molar-refractivity contribution is -0.00267. The molecule has 0 aliphatic rings. The van der Waals surface area contributed by atoms with E-state index >= 15 is 0 Å². The van der Waals surface area contributed by atoms with Crippen LogP contribution >= 0.6 is 11.6 Å². The highest BCUT2D eigenvalue weighted by atomic mass is 35.5. The second kappa shape index (κ2) is 12.6. The number of amides is 1. The van der Waals surface area contributed by atoms with E-state index < -0.39 is 21.7 Å². The van der Waals surface area contributed by atoms with Gasteiger partial charge in [0.05, 0.1) is 22.6 Å². The van der Waals surface area contributed by atoms with Crippen LogP contribution in [0.25, 0.3) is 0 Å². The van der Waals surface area contributed by atoms with Gasteiger partial charge in [-0.1, -0.05) is 67.9 Å². The number of nitrogens with one attached hydrogen (secondary N) is 1. The largest absolute Gasteiger partial charge is 0.497 e. The Morgan fingerprint density at radius 2 is 1.65 bits per heavy atom. The lowest BCUT2D eigenvalue weighted by Crippen LogP contribution is -2.52. The second-order valence-electron chi connectivity index (χ2n) is 9.31. The predicted octanol–water partition coefficient (Wildman–Crippen LogP) is 4.75. The standard InChI is InChI=1S/C28H33ClN2O5S/c1-21(2)20-31(37(34,35)24-15-13-23(36-3)14-16-24)18-17-28(33,19-22-9-5-4-6-10-22)30-27(32)25-11-7-8-12-26(25)29/h4-16,21,33H,17-20H2,1-3H3,(H,30,32). The number of hydrogen-bond acceptors (Lipinski definition) is 5. The van der Waals surface area contributed by atoms with Gasteiger partial charge in [-0.3, -0.25) is 4.79 Å². The fourth-order valence-corrected chi connectivity index (χ4v) is 5.80. The summed E-state index contributed by atoms with van der Waals surface area (Å²) in [5.41, 5.74) is -0.721. The Kier molecular flexibility index (Phi) is 9.73. The molecule has 1 unspecified atom stereocenters. The Hall–Kier alpha value is -2.91. The van der Waals surface area contributed by atoms with E-state index in [-0.39, 0.29) is 47.3 Å². The quantitative estimate of drug-likeness (QED) is 0.321. The maximum atomic E-state index is 13.5. The summed E-state index contributed by atoms with van der Waals surface area (Å²) in [5.74, 6) is 0.0410. The number of carbonyl (C=O) groups excluding carboxylic acids is 1. The van der Waals surface area contributed by atoms with Crippen LogP contribution in [0.15, 0.2) is 83.8 Å².